The number of phosphoric ester groups is 1. The van der Waals surface area contributed by atoms with Crippen molar-refractivity contribution in [1.82, 2.24) is 0 Å². The Balaban J connectivity index is 3.88. The fourth-order valence-corrected chi connectivity index (χ4v) is 13.1. The van der Waals surface area contributed by atoms with E-state index in [1.807, 2.05) is 21.1 Å². The average Bonchev–Trinajstić information content (AvgIpc) is 1.57. The number of carbonyl (C=O) groups excluding carboxylic acids is 2. The van der Waals surface area contributed by atoms with Gasteiger partial charge in [0, 0.05) is 12.8 Å². The lowest BCUT2D eigenvalue weighted by atomic mass is 10.0. The monoisotopic (exact) mass is 1340 g/mol. The van der Waals surface area contributed by atoms with Gasteiger partial charge in [-0.15, -0.1) is 0 Å². The lowest BCUT2D eigenvalue weighted by Gasteiger charge is -2.24. The minimum absolute atomic E-state index is 0.0351. The Bertz CT molecular complexity index is 1770. The van der Waals surface area contributed by atoms with E-state index in [0.717, 1.165) is 64.2 Å². The minimum atomic E-state index is -4.39. The fourth-order valence-electron chi connectivity index (χ4n) is 12.3. The van der Waals surface area contributed by atoms with Crippen molar-refractivity contribution in [2.75, 3.05) is 47.5 Å². The molecule has 552 valence electrons. The van der Waals surface area contributed by atoms with E-state index in [4.69, 9.17) is 18.5 Å². The maximum Gasteiger partial charge on any atom is 0.472 e. The molecule has 0 radical (unpaired) electrons. The largest absolute Gasteiger partial charge is 0.472 e. The zero-order chi connectivity index (χ0) is 68.3. The van der Waals surface area contributed by atoms with Crippen LogP contribution in [0.5, 0.6) is 0 Å². The summed E-state index contributed by atoms with van der Waals surface area (Å²) in [6.45, 7) is 4.40. The molecule has 0 aromatic heterocycles. The third kappa shape index (κ3) is 78.7. The highest BCUT2D eigenvalue weighted by atomic mass is 31.2. The molecule has 0 aromatic carbocycles. The topological polar surface area (TPSA) is 108 Å². The van der Waals surface area contributed by atoms with Crippen LogP contribution in [0.1, 0.15) is 412 Å². The average molecular weight is 1340 g/mol. The Kier molecular flexibility index (Phi) is 73.1. The van der Waals surface area contributed by atoms with E-state index in [2.05, 4.69) is 74.6 Å². The zero-order valence-corrected chi connectivity index (χ0v) is 64.1. The van der Waals surface area contributed by atoms with Gasteiger partial charge in [-0.3, -0.25) is 18.6 Å². The van der Waals surface area contributed by atoms with Crippen LogP contribution in [0.3, 0.4) is 0 Å². The van der Waals surface area contributed by atoms with Crippen molar-refractivity contribution in [3.05, 3.63) is 60.8 Å². The molecule has 2 atom stereocenters. The van der Waals surface area contributed by atoms with Crippen LogP contribution in [0.25, 0.3) is 0 Å². The van der Waals surface area contributed by atoms with E-state index in [1.54, 1.807) is 0 Å². The summed E-state index contributed by atoms with van der Waals surface area (Å²) >= 11 is 0. The number of unbranched alkanes of at least 4 members (excludes halogenated alkanes) is 53. The van der Waals surface area contributed by atoms with E-state index < -0.39 is 26.5 Å². The molecule has 0 heterocycles. The van der Waals surface area contributed by atoms with Gasteiger partial charge in [0.15, 0.2) is 6.10 Å². The third-order valence-electron chi connectivity index (χ3n) is 18.6. The van der Waals surface area contributed by atoms with Gasteiger partial charge in [-0.25, -0.2) is 4.57 Å². The number of hydrogen-bond donors (Lipinski definition) is 1. The number of esters is 2. The smallest absolute Gasteiger partial charge is 0.462 e. The second kappa shape index (κ2) is 74.9. The van der Waals surface area contributed by atoms with Crippen LogP contribution in [-0.2, 0) is 32.7 Å². The van der Waals surface area contributed by atoms with Crippen molar-refractivity contribution >= 4 is 19.8 Å². The predicted molar refractivity (Wildman–Crippen MR) is 409 cm³/mol. The second-order valence-electron chi connectivity index (χ2n) is 29.1. The first-order valence-corrected chi connectivity index (χ1v) is 42.5. The number of phosphoric acid groups is 1. The van der Waals surface area contributed by atoms with Crippen molar-refractivity contribution in [1.29, 1.82) is 0 Å². The summed E-state index contributed by atoms with van der Waals surface area (Å²) in [6.07, 6.45) is 101. The summed E-state index contributed by atoms with van der Waals surface area (Å²) < 4.78 is 34.9. The van der Waals surface area contributed by atoms with Gasteiger partial charge in [-0.1, -0.05) is 402 Å². The Labute approximate surface area is 585 Å². The molecule has 0 aliphatic heterocycles. The summed E-state index contributed by atoms with van der Waals surface area (Å²) in [4.78, 5) is 36.0. The highest BCUT2D eigenvalue weighted by molar-refractivity contribution is 7.47. The van der Waals surface area contributed by atoms with Crippen molar-refractivity contribution in [3.63, 3.8) is 0 Å². The summed E-state index contributed by atoms with van der Waals surface area (Å²) in [5, 5.41) is 0. The van der Waals surface area contributed by atoms with Gasteiger partial charge in [0.25, 0.3) is 0 Å². The molecule has 0 amide bonds. The van der Waals surface area contributed by atoms with Gasteiger partial charge in [0.05, 0.1) is 27.7 Å². The molecule has 0 bridgehead atoms. The molecule has 0 rings (SSSR count). The molecule has 10 heteroatoms. The molecule has 0 aliphatic carbocycles. The predicted octanol–water partition coefficient (Wildman–Crippen LogP) is 27.3. The molecule has 94 heavy (non-hydrogen) atoms. The first kappa shape index (κ1) is 91.7. The number of ether oxygens (including phenoxy) is 2. The quantitative estimate of drug-likeness (QED) is 0.0211. The number of carbonyl (C=O) groups is 2. The summed E-state index contributed by atoms with van der Waals surface area (Å²) in [6, 6.07) is 0. The molecule has 0 spiro atoms. The number of allylic oxidation sites excluding steroid dienone is 10. The second-order valence-corrected chi connectivity index (χ2v) is 30.6. The van der Waals surface area contributed by atoms with Crippen molar-refractivity contribution < 1.29 is 42.1 Å². The van der Waals surface area contributed by atoms with Crippen molar-refractivity contribution in [3.8, 4) is 0 Å². The van der Waals surface area contributed by atoms with Crippen LogP contribution in [0, 0.1) is 0 Å². The lowest BCUT2D eigenvalue weighted by molar-refractivity contribution is -0.870. The standard InChI is InChI=1S/C84H158NO8P/c1-6-8-10-12-14-16-18-20-22-24-26-28-30-32-34-36-37-38-39-40-41-42-43-44-45-46-47-49-51-53-55-57-59-61-63-65-67-69-71-73-75-77-84(87)93-82(81-92-94(88,89)91-79-78-85(3,4)5)80-90-83(86)76-74-72-70-68-66-64-62-60-58-56-54-52-50-48-35-33-31-29-27-25-23-21-19-17-15-13-11-9-7-2/h8,10,14,16,20,22,26,28,32,34,82H,6-7,9,11-13,15,17-19,21,23-25,27,29-31,33,35-81H2,1-5H3/p+1/b10-8-,16-14-,22-20-,28-26-,34-32-. The lowest BCUT2D eigenvalue weighted by Crippen LogP contribution is -2.37. The Morgan fingerprint density at radius 2 is 0.606 bits per heavy atom. The van der Waals surface area contributed by atoms with Gasteiger partial charge in [-0.05, 0) is 57.8 Å². The third-order valence-corrected chi connectivity index (χ3v) is 19.5. The summed E-state index contributed by atoms with van der Waals surface area (Å²) in [7, 11) is 1.50. The van der Waals surface area contributed by atoms with Gasteiger partial charge < -0.3 is 18.9 Å². The normalized spacial score (nSPS) is 13.3. The highest BCUT2D eigenvalue weighted by Crippen LogP contribution is 2.43. The molecule has 1 N–H and O–H groups in total. The molecule has 0 aliphatic rings. The number of rotatable bonds is 77. The van der Waals surface area contributed by atoms with Gasteiger partial charge in [-0.2, -0.15) is 0 Å². The number of hydrogen-bond acceptors (Lipinski definition) is 7. The van der Waals surface area contributed by atoms with Crippen LogP contribution in [0.15, 0.2) is 60.8 Å². The number of likely N-dealkylation sites (N-methyl/N-ethyl adjacent to an activating group) is 1. The first-order valence-electron chi connectivity index (χ1n) is 41.0. The molecular formula is C84H159NO8P+. The van der Waals surface area contributed by atoms with Crippen LogP contribution >= 0.6 is 7.82 Å². The van der Waals surface area contributed by atoms with Crippen molar-refractivity contribution in [2.45, 2.75) is 418 Å². The van der Waals surface area contributed by atoms with Gasteiger partial charge in [0.2, 0.25) is 0 Å². The summed E-state index contributed by atoms with van der Waals surface area (Å²) in [5.41, 5.74) is 0. The minimum Gasteiger partial charge on any atom is -0.462 e. The molecule has 2 unspecified atom stereocenters. The molecule has 0 fully saturated rings. The maximum absolute atomic E-state index is 12.9. The van der Waals surface area contributed by atoms with Gasteiger partial charge >= 0.3 is 19.8 Å². The highest BCUT2D eigenvalue weighted by Gasteiger charge is 2.27. The molecule has 0 aromatic rings. The van der Waals surface area contributed by atoms with Crippen LogP contribution in [-0.4, -0.2) is 74.9 Å². The SMILES string of the molecule is CC/C=C\C/C=C\C/C=C\C/C=C\C/C=C\CCCCCCCCCCCCCCCCCCCCCCCCCCCC(=O)OC(COC(=O)CCCCCCCCCCCCCCCCCCCCCCCCCCCCCCC)COP(=O)(O)OCC[N+](C)(C)C. The summed E-state index contributed by atoms with van der Waals surface area (Å²) in [5.74, 6) is -0.771. The van der Waals surface area contributed by atoms with Crippen molar-refractivity contribution in [2.24, 2.45) is 0 Å². The van der Waals surface area contributed by atoms with E-state index >= 15 is 0 Å². The van der Waals surface area contributed by atoms with Crippen LogP contribution < -0.4 is 0 Å². The first-order chi connectivity index (χ1) is 46.0. The Morgan fingerprint density at radius 1 is 0.340 bits per heavy atom. The molecule has 0 saturated carbocycles. The molecular weight excluding hydrogens is 1180 g/mol. The van der Waals surface area contributed by atoms with Crippen LogP contribution in [0.4, 0.5) is 0 Å². The van der Waals surface area contributed by atoms with E-state index in [-0.39, 0.29) is 25.6 Å². The number of quaternary nitrogens is 1. The molecule has 9 nitrogen and oxygen atoms in total. The van der Waals surface area contributed by atoms with E-state index in [9.17, 15) is 19.0 Å². The maximum atomic E-state index is 12.9. The molecule has 0 saturated heterocycles. The van der Waals surface area contributed by atoms with Gasteiger partial charge in [0.1, 0.15) is 19.8 Å². The van der Waals surface area contributed by atoms with E-state index in [0.29, 0.717) is 23.9 Å². The van der Waals surface area contributed by atoms with E-state index in [1.165, 1.54) is 315 Å². The van der Waals surface area contributed by atoms with Crippen LogP contribution in [0.2, 0.25) is 0 Å². The Hall–Kier alpha value is -2.29. The number of nitrogens with zero attached hydrogens (tertiary/aromatic N) is 1. The fraction of sp³-hybridized carbons (Fsp3) is 0.857. The Morgan fingerprint density at radius 3 is 0.904 bits per heavy atom. The zero-order valence-electron chi connectivity index (χ0n) is 63.2.